The van der Waals surface area contributed by atoms with Crippen molar-refractivity contribution in [1.82, 2.24) is 5.32 Å². The van der Waals surface area contributed by atoms with E-state index in [0.717, 1.165) is 17.7 Å². The van der Waals surface area contributed by atoms with Crippen molar-refractivity contribution in [3.63, 3.8) is 0 Å². The molecule has 1 amide bonds. The molecule has 2 rings (SSSR count). The Morgan fingerprint density at radius 3 is 1.96 bits per heavy atom. The minimum Gasteiger partial charge on any atom is -0.320 e. The molecule has 0 aromatic heterocycles. The predicted molar refractivity (Wildman–Crippen MR) is 101 cm³/mol. The van der Waals surface area contributed by atoms with Gasteiger partial charge in [0.05, 0.1) is 6.54 Å². The minimum atomic E-state index is -0.789. The Morgan fingerprint density at radius 2 is 1.46 bits per heavy atom. The third-order valence-corrected chi connectivity index (χ3v) is 4.34. The van der Waals surface area contributed by atoms with E-state index < -0.39 is 23.2 Å². The Morgan fingerprint density at radius 1 is 0.923 bits per heavy atom. The Hall–Kier alpha value is -2.27. The first-order chi connectivity index (χ1) is 12.3. The van der Waals surface area contributed by atoms with Gasteiger partial charge < -0.3 is 10.6 Å². The standard InChI is InChI=1S/C21H26F2N2O/c1-13(2)15-8-10-16(11-9-15)20(14(3)4)24-12-19(26)25-21-17(22)6-5-7-18(21)23/h5-11,13-14,20,24H,12H2,1-4H3,(H,25,26)/t20-/m1/s1. The second-order valence-corrected chi connectivity index (χ2v) is 7.07. The molecule has 0 spiro atoms. The molecule has 0 saturated heterocycles. The van der Waals surface area contributed by atoms with E-state index in [1.54, 1.807) is 0 Å². The van der Waals surface area contributed by atoms with E-state index in [1.807, 2.05) is 0 Å². The van der Waals surface area contributed by atoms with Crippen LogP contribution in [-0.4, -0.2) is 12.5 Å². The van der Waals surface area contributed by atoms with Crippen molar-refractivity contribution in [3.05, 3.63) is 65.2 Å². The number of carbonyl (C=O) groups excluding carboxylic acids is 1. The zero-order valence-corrected chi connectivity index (χ0v) is 15.6. The summed E-state index contributed by atoms with van der Waals surface area (Å²) in [7, 11) is 0. The van der Waals surface area contributed by atoms with E-state index in [9.17, 15) is 13.6 Å². The maximum atomic E-state index is 13.6. The van der Waals surface area contributed by atoms with Gasteiger partial charge in [-0.25, -0.2) is 8.78 Å². The second-order valence-electron chi connectivity index (χ2n) is 7.07. The first-order valence-electron chi connectivity index (χ1n) is 8.86. The molecular formula is C21H26F2N2O. The summed E-state index contributed by atoms with van der Waals surface area (Å²) >= 11 is 0. The lowest BCUT2D eigenvalue weighted by Gasteiger charge is -2.23. The van der Waals surface area contributed by atoms with E-state index in [4.69, 9.17) is 0 Å². The third-order valence-electron chi connectivity index (χ3n) is 4.34. The quantitative estimate of drug-likeness (QED) is 0.728. The maximum Gasteiger partial charge on any atom is 0.238 e. The van der Waals surface area contributed by atoms with Gasteiger partial charge in [0, 0.05) is 6.04 Å². The summed E-state index contributed by atoms with van der Waals surface area (Å²) in [6, 6.07) is 11.7. The van der Waals surface area contributed by atoms with Crippen LogP contribution in [0, 0.1) is 17.6 Å². The van der Waals surface area contributed by atoms with Gasteiger partial charge in [0.25, 0.3) is 0 Å². The molecule has 2 aromatic carbocycles. The third kappa shape index (κ3) is 5.11. The molecule has 5 heteroatoms. The summed E-state index contributed by atoms with van der Waals surface area (Å²) in [5.41, 5.74) is 1.92. The zero-order valence-electron chi connectivity index (χ0n) is 15.6. The molecule has 0 aliphatic heterocycles. The predicted octanol–water partition coefficient (Wildman–Crippen LogP) is 5.01. The average Bonchev–Trinajstić information content (AvgIpc) is 2.58. The van der Waals surface area contributed by atoms with Crippen LogP contribution in [0.2, 0.25) is 0 Å². The Kier molecular flexibility index (Phi) is 6.86. The van der Waals surface area contributed by atoms with Crippen LogP contribution >= 0.6 is 0 Å². The number of amides is 1. The van der Waals surface area contributed by atoms with Gasteiger partial charge in [0.15, 0.2) is 0 Å². The van der Waals surface area contributed by atoms with Crippen LogP contribution < -0.4 is 10.6 Å². The van der Waals surface area contributed by atoms with Crippen LogP contribution in [0.5, 0.6) is 0 Å². The SMILES string of the molecule is CC(C)c1ccc([C@H](NCC(=O)Nc2c(F)cccc2F)C(C)C)cc1. The highest BCUT2D eigenvalue weighted by Gasteiger charge is 2.18. The molecule has 26 heavy (non-hydrogen) atoms. The number of carbonyl (C=O) groups is 1. The molecule has 140 valence electrons. The number of para-hydroxylation sites is 1. The highest BCUT2D eigenvalue weighted by Crippen LogP contribution is 2.24. The van der Waals surface area contributed by atoms with Crippen molar-refractivity contribution in [2.75, 3.05) is 11.9 Å². The lowest BCUT2D eigenvalue weighted by atomic mass is 9.93. The van der Waals surface area contributed by atoms with Gasteiger partial charge in [-0.1, -0.05) is 58.0 Å². The average molecular weight is 360 g/mol. The van der Waals surface area contributed by atoms with Crippen molar-refractivity contribution in [2.45, 2.75) is 39.7 Å². The highest BCUT2D eigenvalue weighted by molar-refractivity contribution is 5.92. The van der Waals surface area contributed by atoms with Gasteiger partial charge in [0.2, 0.25) is 5.91 Å². The van der Waals surface area contributed by atoms with Crippen LogP contribution in [0.15, 0.2) is 42.5 Å². The zero-order chi connectivity index (χ0) is 19.3. The molecule has 1 atom stereocenters. The maximum absolute atomic E-state index is 13.6. The molecule has 2 N–H and O–H groups in total. The summed E-state index contributed by atoms with van der Waals surface area (Å²) in [5, 5.41) is 5.48. The number of benzene rings is 2. The van der Waals surface area contributed by atoms with Gasteiger partial charge in [-0.15, -0.1) is 0 Å². The normalized spacial score (nSPS) is 12.5. The van der Waals surface area contributed by atoms with Gasteiger partial charge in [-0.2, -0.15) is 0 Å². The van der Waals surface area contributed by atoms with Crippen LogP contribution in [-0.2, 0) is 4.79 Å². The summed E-state index contributed by atoms with van der Waals surface area (Å²) in [5.74, 6) is -1.36. The van der Waals surface area contributed by atoms with Crippen LogP contribution in [0.3, 0.4) is 0 Å². The molecule has 0 heterocycles. The fourth-order valence-electron chi connectivity index (χ4n) is 2.83. The van der Waals surface area contributed by atoms with Crippen LogP contribution in [0.1, 0.15) is 50.8 Å². The molecular weight excluding hydrogens is 334 g/mol. The van der Waals surface area contributed by atoms with E-state index in [0.29, 0.717) is 5.92 Å². The van der Waals surface area contributed by atoms with Crippen molar-refractivity contribution in [3.8, 4) is 0 Å². The van der Waals surface area contributed by atoms with Crippen LogP contribution in [0.4, 0.5) is 14.5 Å². The second kappa shape index (κ2) is 8.90. The number of anilines is 1. The smallest absolute Gasteiger partial charge is 0.238 e. The first-order valence-corrected chi connectivity index (χ1v) is 8.86. The molecule has 0 saturated carbocycles. The minimum absolute atomic E-state index is 0.0348. The van der Waals surface area contributed by atoms with E-state index >= 15 is 0 Å². The number of halogens is 2. The molecule has 0 fully saturated rings. The lowest BCUT2D eigenvalue weighted by Crippen LogP contribution is -2.34. The topological polar surface area (TPSA) is 41.1 Å². The van der Waals surface area contributed by atoms with E-state index in [1.165, 1.54) is 11.6 Å². The monoisotopic (exact) mass is 360 g/mol. The number of nitrogens with one attached hydrogen (secondary N) is 2. The molecule has 0 radical (unpaired) electrons. The fourth-order valence-corrected chi connectivity index (χ4v) is 2.83. The summed E-state index contributed by atoms with van der Waals surface area (Å²) in [6.45, 7) is 8.35. The van der Waals surface area contributed by atoms with Gasteiger partial charge in [0.1, 0.15) is 17.3 Å². The Balaban J connectivity index is 2.03. The van der Waals surface area contributed by atoms with Gasteiger partial charge in [-0.3, -0.25) is 4.79 Å². The molecule has 2 aromatic rings. The van der Waals surface area contributed by atoms with E-state index in [2.05, 4.69) is 62.6 Å². The van der Waals surface area contributed by atoms with Gasteiger partial charge >= 0.3 is 0 Å². The van der Waals surface area contributed by atoms with Gasteiger partial charge in [-0.05, 0) is 35.1 Å². The largest absolute Gasteiger partial charge is 0.320 e. The van der Waals surface area contributed by atoms with Crippen molar-refractivity contribution in [1.29, 1.82) is 0 Å². The molecule has 0 unspecified atom stereocenters. The number of hydrogen-bond acceptors (Lipinski definition) is 2. The summed E-state index contributed by atoms with van der Waals surface area (Å²) < 4.78 is 27.3. The fraction of sp³-hybridized carbons (Fsp3) is 0.381. The summed E-state index contributed by atoms with van der Waals surface area (Å²) in [6.07, 6.45) is 0. The van der Waals surface area contributed by atoms with Crippen LogP contribution in [0.25, 0.3) is 0 Å². The number of hydrogen-bond donors (Lipinski definition) is 2. The first kappa shape index (κ1) is 20.0. The molecule has 0 bridgehead atoms. The number of rotatable bonds is 7. The highest BCUT2D eigenvalue weighted by atomic mass is 19.1. The Labute approximate surface area is 153 Å². The summed E-state index contributed by atoms with van der Waals surface area (Å²) in [4.78, 5) is 12.1. The van der Waals surface area contributed by atoms with E-state index in [-0.39, 0.29) is 18.5 Å². The Bertz CT molecular complexity index is 722. The molecule has 0 aliphatic rings. The van der Waals surface area contributed by atoms with Crippen molar-refractivity contribution < 1.29 is 13.6 Å². The molecule has 0 aliphatic carbocycles. The van der Waals surface area contributed by atoms with Crippen molar-refractivity contribution >= 4 is 11.6 Å². The van der Waals surface area contributed by atoms with Crippen molar-refractivity contribution in [2.24, 2.45) is 5.92 Å². The lowest BCUT2D eigenvalue weighted by molar-refractivity contribution is -0.115. The molecule has 3 nitrogen and oxygen atoms in total.